The molecule has 0 fully saturated rings. The van der Waals surface area contributed by atoms with Crippen LogP contribution in [0.3, 0.4) is 0 Å². The molecule has 0 aliphatic carbocycles. The average molecular weight is 258 g/mol. The van der Waals surface area contributed by atoms with Gasteiger partial charge in [-0.2, -0.15) is 5.10 Å². The van der Waals surface area contributed by atoms with Crippen molar-refractivity contribution >= 4 is 17.3 Å². The summed E-state index contributed by atoms with van der Waals surface area (Å²) in [5.74, 6) is -0.160. The lowest BCUT2D eigenvalue weighted by Gasteiger charge is -2.08. The van der Waals surface area contributed by atoms with E-state index in [-0.39, 0.29) is 5.91 Å². The fourth-order valence-electron chi connectivity index (χ4n) is 1.99. The first kappa shape index (κ1) is 13.1. The first-order valence-electron chi connectivity index (χ1n) is 6.22. The quantitative estimate of drug-likeness (QED) is 0.828. The van der Waals surface area contributed by atoms with Gasteiger partial charge in [0.05, 0.1) is 11.4 Å². The van der Waals surface area contributed by atoms with E-state index in [1.54, 1.807) is 29.1 Å². The summed E-state index contributed by atoms with van der Waals surface area (Å²) in [4.78, 5) is 12.3. The van der Waals surface area contributed by atoms with E-state index in [2.05, 4.69) is 10.4 Å². The Morgan fingerprint density at radius 3 is 2.89 bits per heavy atom. The molecule has 3 N–H and O–H groups in total. The predicted molar refractivity (Wildman–Crippen MR) is 76.1 cm³/mol. The van der Waals surface area contributed by atoms with Crippen molar-refractivity contribution in [1.82, 2.24) is 9.78 Å². The van der Waals surface area contributed by atoms with E-state index in [0.717, 1.165) is 23.4 Å². The summed E-state index contributed by atoms with van der Waals surface area (Å²) >= 11 is 0. The number of aryl methyl sites for hydroxylation is 2. The second kappa shape index (κ2) is 5.14. The molecule has 1 aromatic carbocycles. The zero-order valence-corrected chi connectivity index (χ0v) is 11.4. The Morgan fingerprint density at radius 2 is 2.21 bits per heavy atom. The fourth-order valence-corrected chi connectivity index (χ4v) is 1.99. The normalized spacial score (nSPS) is 10.5. The van der Waals surface area contributed by atoms with Crippen LogP contribution >= 0.6 is 0 Å². The highest BCUT2D eigenvalue weighted by Crippen LogP contribution is 2.19. The van der Waals surface area contributed by atoms with Gasteiger partial charge in [-0.3, -0.25) is 9.48 Å². The lowest BCUT2D eigenvalue weighted by atomic mass is 10.1. The predicted octanol–water partition coefficient (Wildman–Crippen LogP) is 2.13. The van der Waals surface area contributed by atoms with E-state index in [1.165, 1.54) is 0 Å². The van der Waals surface area contributed by atoms with Crippen molar-refractivity contribution in [3.05, 3.63) is 41.2 Å². The maximum Gasteiger partial charge on any atom is 0.256 e. The number of nitrogens with one attached hydrogen (secondary N) is 1. The van der Waals surface area contributed by atoms with E-state index in [9.17, 15) is 4.79 Å². The molecule has 1 aromatic heterocycles. The van der Waals surface area contributed by atoms with Gasteiger partial charge in [0, 0.05) is 24.5 Å². The van der Waals surface area contributed by atoms with Crippen LogP contribution in [-0.2, 0) is 13.5 Å². The highest BCUT2D eigenvalue weighted by Gasteiger charge is 2.14. The SMILES string of the molecule is CCc1nn(C)cc1NC(=O)c1cccc(N)c1C. The second-order valence-electron chi connectivity index (χ2n) is 4.49. The molecule has 0 saturated carbocycles. The third kappa shape index (κ3) is 2.59. The highest BCUT2D eigenvalue weighted by molar-refractivity contribution is 6.06. The van der Waals surface area contributed by atoms with Crippen LogP contribution in [0.4, 0.5) is 11.4 Å². The summed E-state index contributed by atoms with van der Waals surface area (Å²) in [6, 6.07) is 5.33. The molecule has 0 atom stereocenters. The van der Waals surface area contributed by atoms with Gasteiger partial charge in [-0.15, -0.1) is 0 Å². The van der Waals surface area contributed by atoms with Crippen molar-refractivity contribution in [2.24, 2.45) is 7.05 Å². The molecular formula is C14H18N4O. The zero-order chi connectivity index (χ0) is 14.0. The van der Waals surface area contributed by atoms with Gasteiger partial charge >= 0.3 is 0 Å². The Morgan fingerprint density at radius 1 is 1.47 bits per heavy atom. The largest absolute Gasteiger partial charge is 0.398 e. The number of nitrogen functional groups attached to an aromatic ring is 1. The van der Waals surface area contributed by atoms with Crippen LogP contribution < -0.4 is 11.1 Å². The van der Waals surface area contributed by atoms with Crippen LogP contribution in [0.1, 0.15) is 28.5 Å². The third-order valence-electron chi connectivity index (χ3n) is 3.11. The summed E-state index contributed by atoms with van der Waals surface area (Å²) in [5, 5.41) is 7.18. The summed E-state index contributed by atoms with van der Waals surface area (Å²) < 4.78 is 1.70. The molecule has 0 aliphatic heterocycles. The standard InChI is InChI=1S/C14H18N4O/c1-4-12-13(8-18(3)17-12)16-14(19)10-6-5-7-11(15)9(10)2/h5-8H,4,15H2,1-3H3,(H,16,19). The van der Waals surface area contributed by atoms with Crippen molar-refractivity contribution in [2.75, 3.05) is 11.1 Å². The fraction of sp³-hybridized carbons (Fsp3) is 0.286. The molecule has 2 aromatic rings. The maximum absolute atomic E-state index is 12.3. The molecule has 5 nitrogen and oxygen atoms in total. The number of anilines is 2. The van der Waals surface area contributed by atoms with Crippen LogP contribution in [0, 0.1) is 6.92 Å². The number of aromatic nitrogens is 2. The number of carbonyl (C=O) groups is 1. The topological polar surface area (TPSA) is 72.9 Å². The Labute approximate surface area is 112 Å². The maximum atomic E-state index is 12.3. The van der Waals surface area contributed by atoms with Gasteiger partial charge in [0.1, 0.15) is 0 Å². The Bertz CT molecular complexity index is 616. The van der Waals surface area contributed by atoms with E-state index in [4.69, 9.17) is 5.73 Å². The Kier molecular flexibility index (Phi) is 3.55. The van der Waals surface area contributed by atoms with Gasteiger partial charge < -0.3 is 11.1 Å². The van der Waals surface area contributed by atoms with Gasteiger partial charge in [0.2, 0.25) is 0 Å². The van der Waals surface area contributed by atoms with Crippen molar-refractivity contribution in [3.8, 4) is 0 Å². The molecule has 1 amide bonds. The second-order valence-corrected chi connectivity index (χ2v) is 4.49. The molecule has 100 valence electrons. The van der Waals surface area contributed by atoms with E-state index in [0.29, 0.717) is 11.3 Å². The zero-order valence-electron chi connectivity index (χ0n) is 11.4. The van der Waals surface area contributed by atoms with Gasteiger partial charge in [-0.05, 0) is 31.0 Å². The molecule has 0 saturated heterocycles. The van der Waals surface area contributed by atoms with Crippen molar-refractivity contribution < 1.29 is 4.79 Å². The lowest BCUT2D eigenvalue weighted by Crippen LogP contribution is -2.14. The number of rotatable bonds is 3. The minimum atomic E-state index is -0.160. The minimum absolute atomic E-state index is 0.160. The van der Waals surface area contributed by atoms with Crippen LogP contribution in [0.25, 0.3) is 0 Å². The van der Waals surface area contributed by atoms with Crippen molar-refractivity contribution in [3.63, 3.8) is 0 Å². The van der Waals surface area contributed by atoms with E-state index < -0.39 is 0 Å². The van der Waals surface area contributed by atoms with Gasteiger partial charge in [-0.1, -0.05) is 13.0 Å². The van der Waals surface area contributed by atoms with Crippen LogP contribution in [0.15, 0.2) is 24.4 Å². The number of nitrogens with zero attached hydrogens (tertiary/aromatic N) is 2. The molecule has 5 heteroatoms. The molecule has 2 rings (SSSR count). The van der Waals surface area contributed by atoms with Crippen molar-refractivity contribution in [2.45, 2.75) is 20.3 Å². The number of carbonyl (C=O) groups excluding carboxylic acids is 1. The molecule has 0 bridgehead atoms. The number of hydrogen-bond acceptors (Lipinski definition) is 3. The Hall–Kier alpha value is -2.30. The highest BCUT2D eigenvalue weighted by atomic mass is 16.1. The third-order valence-corrected chi connectivity index (χ3v) is 3.11. The number of benzene rings is 1. The number of hydrogen-bond donors (Lipinski definition) is 2. The lowest BCUT2D eigenvalue weighted by molar-refractivity contribution is 0.102. The van der Waals surface area contributed by atoms with Crippen molar-refractivity contribution in [1.29, 1.82) is 0 Å². The number of amides is 1. The van der Waals surface area contributed by atoms with Gasteiger partial charge in [0.25, 0.3) is 5.91 Å². The van der Waals surface area contributed by atoms with Gasteiger partial charge in [-0.25, -0.2) is 0 Å². The Balaban J connectivity index is 2.28. The molecule has 19 heavy (non-hydrogen) atoms. The van der Waals surface area contributed by atoms with Crippen LogP contribution in [0.5, 0.6) is 0 Å². The van der Waals surface area contributed by atoms with Gasteiger partial charge in [0.15, 0.2) is 0 Å². The van der Waals surface area contributed by atoms with E-state index >= 15 is 0 Å². The first-order chi connectivity index (χ1) is 9.02. The molecule has 0 unspecified atom stereocenters. The molecule has 1 heterocycles. The first-order valence-corrected chi connectivity index (χ1v) is 6.22. The minimum Gasteiger partial charge on any atom is -0.398 e. The molecule has 0 aliphatic rings. The monoisotopic (exact) mass is 258 g/mol. The smallest absolute Gasteiger partial charge is 0.256 e. The summed E-state index contributed by atoms with van der Waals surface area (Å²) in [7, 11) is 1.83. The summed E-state index contributed by atoms with van der Waals surface area (Å²) in [6.45, 7) is 3.85. The van der Waals surface area contributed by atoms with Crippen LogP contribution in [0.2, 0.25) is 0 Å². The summed E-state index contributed by atoms with van der Waals surface area (Å²) in [5.41, 5.74) is 9.44. The van der Waals surface area contributed by atoms with E-state index in [1.807, 2.05) is 20.9 Å². The number of nitrogens with two attached hydrogens (primary N) is 1. The average Bonchev–Trinajstić information content (AvgIpc) is 2.72. The molecular weight excluding hydrogens is 240 g/mol. The van der Waals surface area contributed by atoms with Crippen LogP contribution in [-0.4, -0.2) is 15.7 Å². The molecule has 0 spiro atoms. The summed E-state index contributed by atoms with van der Waals surface area (Å²) in [6.07, 6.45) is 2.57. The molecule has 0 radical (unpaired) electrons.